The van der Waals surface area contributed by atoms with Gasteiger partial charge in [-0.3, -0.25) is 0 Å². The predicted octanol–water partition coefficient (Wildman–Crippen LogP) is 4.39. The molecule has 0 unspecified atom stereocenters. The lowest BCUT2D eigenvalue weighted by Gasteiger charge is -1.92. The fraction of sp³-hybridized carbons (Fsp3) is 0.500. The Balaban J connectivity index is 0.000000322. The van der Waals surface area contributed by atoms with Crippen LogP contribution in [0.1, 0.15) is 33.3 Å². The van der Waals surface area contributed by atoms with E-state index in [0.29, 0.717) is 0 Å². The summed E-state index contributed by atoms with van der Waals surface area (Å²) in [5.74, 6) is 1.28. The predicted molar refractivity (Wildman–Crippen MR) is 63.6 cm³/mol. The molecule has 13 heavy (non-hydrogen) atoms. The van der Waals surface area contributed by atoms with Gasteiger partial charge in [0.25, 0.3) is 0 Å². The molecule has 0 bridgehead atoms. The maximum Gasteiger partial charge on any atom is 0.0104 e. The molecular weight excluding hydrogens is 176 g/mol. The molecule has 0 aromatic heterocycles. The van der Waals surface area contributed by atoms with Crippen molar-refractivity contribution in [2.75, 3.05) is 5.75 Å². The molecule has 1 heteroatoms. The minimum Gasteiger partial charge on any atom is -0.126 e. The number of aryl methyl sites for hydroxylation is 1. The molecule has 0 radical (unpaired) electrons. The molecule has 0 atom stereocenters. The molecule has 1 heterocycles. The summed E-state index contributed by atoms with van der Waals surface area (Å²) in [5.41, 5.74) is 1.53. The minimum absolute atomic E-state index is 1.26. The lowest BCUT2D eigenvalue weighted by molar-refractivity contribution is 1.15. The second-order valence-corrected chi connectivity index (χ2v) is 3.34. The van der Waals surface area contributed by atoms with Crippen molar-refractivity contribution in [1.29, 1.82) is 0 Å². The highest BCUT2D eigenvalue weighted by Crippen LogP contribution is 2.30. The van der Waals surface area contributed by atoms with Crippen LogP contribution in [0.5, 0.6) is 0 Å². The van der Waals surface area contributed by atoms with Gasteiger partial charge >= 0.3 is 0 Å². The summed E-state index contributed by atoms with van der Waals surface area (Å²) in [4.78, 5) is 1.48. The molecule has 1 aliphatic heterocycles. The van der Waals surface area contributed by atoms with Crippen molar-refractivity contribution in [1.82, 2.24) is 0 Å². The van der Waals surface area contributed by atoms with Crippen molar-refractivity contribution in [3.05, 3.63) is 29.8 Å². The normalized spacial score (nSPS) is 11.7. The Bertz CT molecular complexity index is 195. The maximum absolute atomic E-state index is 2.22. The monoisotopic (exact) mass is 196 g/mol. The summed E-state index contributed by atoms with van der Waals surface area (Å²) in [5, 5.41) is 0. The zero-order valence-corrected chi connectivity index (χ0v) is 9.95. The number of benzene rings is 1. The van der Waals surface area contributed by atoms with E-state index in [9.17, 15) is 0 Å². The molecule has 0 amide bonds. The highest BCUT2D eigenvalue weighted by molar-refractivity contribution is 7.99. The van der Waals surface area contributed by atoms with Crippen LogP contribution in [-0.2, 0) is 6.42 Å². The molecule has 1 aliphatic rings. The second-order valence-electron chi connectivity index (χ2n) is 2.21. The smallest absolute Gasteiger partial charge is 0.0104 e. The largest absolute Gasteiger partial charge is 0.126 e. The third-order valence-electron chi connectivity index (χ3n) is 1.60. The third kappa shape index (κ3) is 3.86. The summed E-state index contributed by atoms with van der Waals surface area (Å²) < 4.78 is 0. The van der Waals surface area contributed by atoms with Crippen LogP contribution in [0.25, 0.3) is 0 Å². The first kappa shape index (κ1) is 12.6. The van der Waals surface area contributed by atoms with Crippen LogP contribution in [0.2, 0.25) is 0 Å². The molecular formula is C12H20S. The Morgan fingerprint density at radius 1 is 1.00 bits per heavy atom. The van der Waals surface area contributed by atoms with E-state index in [-0.39, 0.29) is 0 Å². The third-order valence-corrected chi connectivity index (χ3v) is 2.72. The Morgan fingerprint density at radius 3 is 2.23 bits per heavy atom. The van der Waals surface area contributed by atoms with Gasteiger partial charge in [0.05, 0.1) is 0 Å². The molecule has 1 aromatic carbocycles. The Hall–Kier alpha value is -0.430. The standard InChI is InChI=1S/C8H8S.2C2H6/c1-2-4-8-7(3-1)5-6-9-8;2*1-2/h1-4H,5-6H2;2*1-2H3. The van der Waals surface area contributed by atoms with Gasteiger partial charge in [0, 0.05) is 10.6 Å². The van der Waals surface area contributed by atoms with Crippen molar-refractivity contribution >= 4 is 11.8 Å². The van der Waals surface area contributed by atoms with E-state index in [1.165, 1.54) is 22.6 Å². The van der Waals surface area contributed by atoms with Crippen LogP contribution in [0.4, 0.5) is 0 Å². The average molecular weight is 196 g/mol. The quantitative estimate of drug-likeness (QED) is 0.593. The van der Waals surface area contributed by atoms with E-state index in [1.54, 1.807) is 0 Å². The van der Waals surface area contributed by atoms with E-state index in [2.05, 4.69) is 24.3 Å². The van der Waals surface area contributed by atoms with Crippen LogP contribution >= 0.6 is 11.8 Å². The van der Waals surface area contributed by atoms with E-state index < -0.39 is 0 Å². The van der Waals surface area contributed by atoms with E-state index in [1.807, 2.05) is 39.5 Å². The summed E-state index contributed by atoms with van der Waals surface area (Å²) >= 11 is 1.97. The molecule has 74 valence electrons. The number of hydrogen-bond acceptors (Lipinski definition) is 1. The Kier molecular flexibility index (Phi) is 7.91. The Morgan fingerprint density at radius 2 is 1.62 bits per heavy atom. The number of thioether (sulfide) groups is 1. The fourth-order valence-corrected chi connectivity index (χ4v) is 2.19. The zero-order chi connectivity index (χ0) is 10.1. The second kappa shape index (κ2) is 8.18. The molecule has 1 aromatic rings. The first-order valence-corrected chi connectivity index (χ1v) is 6.16. The van der Waals surface area contributed by atoms with Crippen LogP contribution in [0.15, 0.2) is 29.2 Å². The topological polar surface area (TPSA) is 0 Å². The molecule has 0 nitrogen and oxygen atoms in total. The summed E-state index contributed by atoms with van der Waals surface area (Å²) in [7, 11) is 0. The maximum atomic E-state index is 2.22. The average Bonchev–Trinajstić information content (AvgIpc) is 2.71. The minimum atomic E-state index is 1.26. The van der Waals surface area contributed by atoms with Gasteiger partial charge in [-0.25, -0.2) is 0 Å². The van der Waals surface area contributed by atoms with Crippen LogP contribution < -0.4 is 0 Å². The van der Waals surface area contributed by atoms with Gasteiger partial charge in [0.2, 0.25) is 0 Å². The Labute approximate surface area is 86.7 Å². The van der Waals surface area contributed by atoms with Gasteiger partial charge in [-0.05, 0) is 18.1 Å². The van der Waals surface area contributed by atoms with Gasteiger partial charge in [-0.1, -0.05) is 45.9 Å². The van der Waals surface area contributed by atoms with Gasteiger partial charge < -0.3 is 0 Å². The van der Waals surface area contributed by atoms with Crippen molar-refractivity contribution in [2.45, 2.75) is 39.0 Å². The van der Waals surface area contributed by atoms with Crippen LogP contribution in [-0.4, -0.2) is 5.75 Å². The molecule has 0 saturated carbocycles. The van der Waals surface area contributed by atoms with Gasteiger partial charge in [-0.2, -0.15) is 0 Å². The lowest BCUT2D eigenvalue weighted by Crippen LogP contribution is -1.76. The van der Waals surface area contributed by atoms with Crippen molar-refractivity contribution in [3.63, 3.8) is 0 Å². The van der Waals surface area contributed by atoms with Crippen LogP contribution in [0.3, 0.4) is 0 Å². The zero-order valence-electron chi connectivity index (χ0n) is 9.13. The summed E-state index contributed by atoms with van der Waals surface area (Å²) in [6, 6.07) is 8.64. The number of fused-ring (bicyclic) bond motifs is 1. The van der Waals surface area contributed by atoms with Gasteiger partial charge in [0.15, 0.2) is 0 Å². The number of rotatable bonds is 0. The highest BCUT2D eigenvalue weighted by atomic mass is 32.2. The summed E-state index contributed by atoms with van der Waals surface area (Å²) in [6.07, 6.45) is 1.26. The van der Waals surface area contributed by atoms with Gasteiger partial charge in [0.1, 0.15) is 0 Å². The van der Waals surface area contributed by atoms with E-state index in [0.717, 1.165) is 0 Å². The highest BCUT2D eigenvalue weighted by Gasteiger charge is 2.07. The van der Waals surface area contributed by atoms with E-state index >= 15 is 0 Å². The molecule has 0 spiro atoms. The number of hydrogen-bond donors (Lipinski definition) is 0. The summed E-state index contributed by atoms with van der Waals surface area (Å²) in [6.45, 7) is 8.00. The SMILES string of the molecule is CC.CC.c1ccc2c(c1)CCS2. The molecule has 0 N–H and O–H groups in total. The van der Waals surface area contributed by atoms with Crippen molar-refractivity contribution in [3.8, 4) is 0 Å². The molecule has 0 saturated heterocycles. The van der Waals surface area contributed by atoms with Crippen molar-refractivity contribution in [2.24, 2.45) is 0 Å². The first-order chi connectivity index (χ1) is 6.47. The molecule has 0 fully saturated rings. The molecule has 2 rings (SSSR count). The first-order valence-electron chi connectivity index (χ1n) is 5.17. The fourth-order valence-electron chi connectivity index (χ4n) is 1.12. The lowest BCUT2D eigenvalue weighted by atomic mass is 10.2. The molecule has 0 aliphatic carbocycles. The van der Waals surface area contributed by atoms with Gasteiger partial charge in [-0.15, -0.1) is 11.8 Å². The van der Waals surface area contributed by atoms with E-state index in [4.69, 9.17) is 0 Å². The van der Waals surface area contributed by atoms with Crippen molar-refractivity contribution < 1.29 is 0 Å². The van der Waals surface area contributed by atoms with Crippen LogP contribution in [0, 0.1) is 0 Å².